The van der Waals surface area contributed by atoms with E-state index in [1.165, 1.54) is 5.56 Å². The van der Waals surface area contributed by atoms with Crippen molar-refractivity contribution in [1.29, 1.82) is 0 Å². The Kier molecular flexibility index (Phi) is 5.53. The van der Waals surface area contributed by atoms with E-state index in [0.717, 1.165) is 24.0 Å². The average Bonchev–Trinajstić information content (AvgIpc) is 2.47. The van der Waals surface area contributed by atoms with E-state index in [9.17, 15) is 8.42 Å². The zero-order valence-electron chi connectivity index (χ0n) is 12.2. The van der Waals surface area contributed by atoms with Crippen LogP contribution in [0, 0.1) is 6.92 Å². The Morgan fingerprint density at radius 3 is 2.33 bits per heavy atom. The van der Waals surface area contributed by atoms with Gasteiger partial charge in [0, 0.05) is 6.54 Å². The van der Waals surface area contributed by atoms with Crippen LogP contribution in [0.25, 0.3) is 0 Å². The van der Waals surface area contributed by atoms with Crippen LogP contribution >= 0.6 is 0 Å². The van der Waals surface area contributed by atoms with Gasteiger partial charge in [0.05, 0.1) is 5.75 Å². The summed E-state index contributed by atoms with van der Waals surface area (Å²) in [6, 6.07) is 17.7. The summed E-state index contributed by atoms with van der Waals surface area (Å²) >= 11 is 0. The molecule has 0 radical (unpaired) electrons. The molecule has 0 saturated carbocycles. The molecular weight excluding hydrogens is 282 g/mol. The molecule has 3 nitrogen and oxygen atoms in total. The monoisotopic (exact) mass is 303 g/mol. The second-order valence-electron chi connectivity index (χ2n) is 5.17. The summed E-state index contributed by atoms with van der Waals surface area (Å²) in [4.78, 5) is 0. The molecule has 21 heavy (non-hydrogen) atoms. The Labute approximate surface area is 127 Å². The summed E-state index contributed by atoms with van der Waals surface area (Å²) in [5, 5.41) is 0. The van der Waals surface area contributed by atoms with Crippen LogP contribution in [0.4, 0.5) is 0 Å². The maximum atomic E-state index is 12.1. The Morgan fingerprint density at radius 2 is 1.62 bits per heavy atom. The first-order chi connectivity index (χ1) is 10.1. The highest BCUT2D eigenvalue weighted by molar-refractivity contribution is 7.88. The molecule has 0 unspecified atom stereocenters. The predicted molar refractivity (Wildman–Crippen MR) is 86.6 cm³/mol. The van der Waals surface area contributed by atoms with Crippen molar-refractivity contribution in [3.8, 4) is 0 Å². The lowest BCUT2D eigenvalue weighted by molar-refractivity contribution is 0.578. The number of hydrogen-bond acceptors (Lipinski definition) is 2. The molecule has 0 fully saturated rings. The van der Waals surface area contributed by atoms with E-state index in [2.05, 4.69) is 16.9 Å². The molecule has 0 heterocycles. The first kappa shape index (κ1) is 15.7. The van der Waals surface area contributed by atoms with Gasteiger partial charge in [-0.25, -0.2) is 13.1 Å². The van der Waals surface area contributed by atoms with E-state index in [4.69, 9.17) is 0 Å². The molecule has 2 rings (SSSR count). The zero-order valence-corrected chi connectivity index (χ0v) is 13.1. The van der Waals surface area contributed by atoms with Gasteiger partial charge in [-0.1, -0.05) is 54.6 Å². The second-order valence-corrected chi connectivity index (χ2v) is 6.98. The lowest BCUT2D eigenvalue weighted by atomic mass is 10.1. The summed E-state index contributed by atoms with van der Waals surface area (Å²) in [5.41, 5.74) is 3.09. The van der Waals surface area contributed by atoms with E-state index in [1.807, 2.05) is 49.4 Å². The molecule has 0 aliphatic carbocycles. The molecule has 0 bridgehead atoms. The normalized spacial score (nSPS) is 11.5. The van der Waals surface area contributed by atoms with Crippen molar-refractivity contribution in [2.75, 3.05) is 6.54 Å². The Morgan fingerprint density at radius 1 is 0.952 bits per heavy atom. The number of aryl methyl sites for hydroxylation is 2. The van der Waals surface area contributed by atoms with Crippen LogP contribution in [-0.4, -0.2) is 15.0 Å². The van der Waals surface area contributed by atoms with Crippen LogP contribution in [0.2, 0.25) is 0 Å². The van der Waals surface area contributed by atoms with Gasteiger partial charge in [-0.15, -0.1) is 0 Å². The molecule has 0 amide bonds. The SMILES string of the molecule is Cc1ccccc1CS(=O)(=O)NCCCc1ccccc1. The molecule has 2 aromatic carbocycles. The minimum atomic E-state index is -3.26. The lowest BCUT2D eigenvalue weighted by Gasteiger charge is -2.08. The minimum Gasteiger partial charge on any atom is -0.215 e. The molecule has 0 aromatic heterocycles. The molecule has 2 aromatic rings. The summed E-state index contributed by atoms with van der Waals surface area (Å²) in [6.45, 7) is 2.41. The predicted octanol–water partition coefficient (Wildman–Crippen LogP) is 3.05. The van der Waals surface area contributed by atoms with Gasteiger partial charge < -0.3 is 0 Å². The summed E-state index contributed by atoms with van der Waals surface area (Å²) in [5.74, 6) is 0.0466. The molecule has 0 saturated heterocycles. The fourth-order valence-corrected chi connectivity index (χ4v) is 3.48. The largest absolute Gasteiger partial charge is 0.215 e. The van der Waals surface area contributed by atoms with Crippen molar-refractivity contribution < 1.29 is 8.42 Å². The fraction of sp³-hybridized carbons (Fsp3) is 0.294. The third-order valence-electron chi connectivity index (χ3n) is 3.41. The number of nitrogens with one attached hydrogen (secondary N) is 1. The highest BCUT2D eigenvalue weighted by Crippen LogP contribution is 2.10. The van der Waals surface area contributed by atoms with Gasteiger partial charge >= 0.3 is 0 Å². The van der Waals surface area contributed by atoms with Gasteiger partial charge in [0.15, 0.2) is 0 Å². The van der Waals surface area contributed by atoms with Gasteiger partial charge in [-0.05, 0) is 36.5 Å². The molecule has 0 aliphatic heterocycles. The lowest BCUT2D eigenvalue weighted by Crippen LogP contribution is -2.26. The highest BCUT2D eigenvalue weighted by Gasteiger charge is 2.12. The van der Waals surface area contributed by atoms with Crippen molar-refractivity contribution >= 4 is 10.0 Å². The van der Waals surface area contributed by atoms with E-state index >= 15 is 0 Å². The molecular formula is C17H21NO2S. The second kappa shape index (κ2) is 7.38. The minimum absolute atomic E-state index is 0.0466. The van der Waals surface area contributed by atoms with E-state index in [-0.39, 0.29) is 5.75 Å². The fourth-order valence-electron chi connectivity index (χ4n) is 2.19. The number of benzene rings is 2. The maximum Gasteiger partial charge on any atom is 0.215 e. The van der Waals surface area contributed by atoms with Crippen molar-refractivity contribution in [3.63, 3.8) is 0 Å². The first-order valence-electron chi connectivity index (χ1n) is 7.12. The van der Waals surface area contributed by atoms with Gasteiger partial charge in [0.2, 0.25) is 10.0 Å². The van der Waals surface area contributed by atoms with Crippen LogP contribution in [0.1, 0.15) is 23.1 Å². The Hall–Kier alpha value is -1.65. The summed E-state index contributed by atoms with van der Waals surface area (Å²) < 4.78 is 26.8. The first-order valence-corrected chi connectivity index (χ1v) is 8.78. The number of rotatable bonds is 7. The maximum absolute atomic E-state index is 12.1. The standard InChI is InChI=1S/C17H21NO2S/c1-15-8-5-6-12-17(15)14-21(19,20)18-13-7-11-16-9-3-2-4-10-16/h2-6,8-10,12,18H,7,11,13-14H2,1H3. The van der Waals surface area contributed by atoms with Crippen molar-refractivity contribution in [2.24, 2.45) is 0 Å². The quantitative estimate of drug-likeness (QED) is 0.799. The molecule has 112 valence electrons. The van der Waals surface area contributed by atoms with Gasteiger partial charge in [-0.3, -0.25) is 0 Å². The molecule has 0 atom stereocenters. The number of sulfonamides is 1. The Bertz CT molecular complexity index is 666. The van der Waals surface area contributed by atoms with Gasteiger partial charge in [0.25, 0.3) is 0 Å². The topological polar surface area (TPSA) is 46.2 Å². The molecule has 0 spiro atoms. The van der Waals surface area contributed by atoms with Crippen LogP contribution in [-0.2, 0) is 22.2 Å². The molecule has 1 N–H and O–H groups in total. The van der Waals surface area contributed by atoms with E-state index in [0.29, 0.717) is 6.54 Å². The van der Waals surface area contributed by atoms with Crippen molar-refractivity contribution in [3.05, 3.63) is 71.3 Å². The smallest absolute Gasteiger partial charge is 0.215 e. The summed E-state index contributed by atoms with van der Waals surface area (Å²) in [7, 11) is -3.26. The van der Waals surface area contributed by atoms with Crippen LogP contribution in [0.15, 0.2) is 54.6 Å². The molecule has 4 heteroatoms. The van der Waals surface area contributed by atoms with Crippen molar-refractivity contribution in [2.45, 2.75) is 25.5 Å². The third kappa shape index (κ3) is 5.33. The molecule has 0 aliphatic rings. The van der Waals surface area contributed by atoms with Crippen LogP contribution in [0.3, 0.4) is 0 Å². The average molecular weight is 303 g/mol. The van der Waals surface area contributed by atoms with Gasteiger partial charge in [0.1, 0.15) is 0 Å². The zero-order chi connectivity index (χ0) is 15.1. The summed E-state index contributed by atoms with van der Waals surface area (Å²) in [6.07, 6.45) is 1.69. The van der Waals surface area contributed by atoms with E-state index in [1.54, 1.807) is 0 Å². The van der Waals surface area contributed by atoms with Crippen molar-refractivity contribution in [1.82, 2.24) is 4.72 Å². The van der Waals surface area contributed by atoms with Crippen LogP contribution in [0.5, 0.6) is 0 Å². The van der Waals surface area contributed by atoms with Crippen LogP contribution < -0.4 is 4.72 Å². The Balaban J connectivity index is 1.81. The third-order valence-corrected chi connectivity index (χ3v) is 4.75. The van der Waals surface area contributed by atoms with Gasteiger partial charge in [-0.2, -0.15) is 0 Å². The van der Waals surface area contributed by atoms with E-state index < -0.39 is 10.0 Å². The number of hydrogen-bond donors (Lipinski definition) is 1. The highest BCUT2D eigenvalue weighted by atomic mass is 32.2.